The first-order valence-electron chi connectivity index (χ1n) is 13.1. The van der Waals surface area contributed by atoms with Gasteiger partial charge in [-0.25, -0.2) is 9.37 Å². The number of pyridine rings is 2. The Morgan fingerprint density at radius 1 is 0.842 bits per heavy atom. The largest absolute Gasteiger partial charge is 0.353 e. The molecular weight excluding hydrogens is 475 g/mol. The number of hydrogen-bond acceptors (Lipinski definition) is 4. The molecule has 0 unspecified atom stereocenters. The Labute approximate surface area is 219 Å². The lowest BCUT2D eigenvalue weighted by Crippen LogP contribution is -2.29. The summed E-state index contributed by atoms with van der Waals surface area (Å²) in [5, 5.41) is 8.74. The van der Waals surface area contributed by atoms with Crippen LogP contribution in [0.5, 0.6) is 0 Å². The maximum absolute atomic E-state index is 13.9. The molecule has 1 aliphatic heterocycles. The van der Waals surface area contributed by atoms with Crippen LogP contribution in [0.4, 0.5) is 4.39 Å². The minimum absolute atomic E-state index is 0.250. The summed E-state index contributed by atoms with van der Waals surface area (Å²) >= 11 is 0. The fraction of sp³-hybridized carbons (Fsp3) is 0.194. The summed E-state index contributed by atoms with van der Waals surface area (Å²) in [6, 6.07) is 21.0. The summed E-state index contributed by atoms with van der Waals surface area (Å²) in [6.45, 7) is 3.22. The average Bonchev–Trinajstić information content (AvgIpc) is 3.57. The fourth-order valence-electron chi connectivity index (χ4n) is 5.53. The lowest BCUT2D eigenvalue weighted by Gasteiger charge is -2.26. The normalized spacial score (nSPS) is 14.4. The molecule has 38 heavy (non-hydrogen) atoms. The van der Waals surface area contributed by atoms with Crippen LogP contribution in [0.2, 0.25) is 0 Å². The number of piperidine rings is 1. The number of likely N-dealkylation sites (tertiary alicyclic amines) is 1. The van der Waals surface area contributed by atoms with Gasteiger partial charge >= 0.3 is 0 Å². The molecule has 7 heteroatoms. The number of nitrogens with one attached hydrogen (secondary N) is 2. The number of H-pyrrole nitrogens is 2. The first kappa shape index (κ1) is 22.8. The van der Waals surface area contributed by atoms with Crippen molar-refractivity contribution >= 4 is 21.9 Å². The van der Waals surface area contributed by atoms with E-state index in [9.17, 15) is 4.39 Å². The topological polar surface area (TPSA) is 73.5 Å². The molecule has 4 aromatic heterocycles. The molecule has 2 N–H and O–H groups in total. The van der Waals surface area contributed by atoms with Gasteiger partial charge in [-0.05, 0) is 85.1 Å². The van der Waals surface area contributed by atoms with Gasteiger partial charge in [0.2, 0.25) is 0 Å². The van der Waals surface area contributed by atoms with Crippen LogP contribution in [0.25, 0.3) is 55.7 Å². The molecule has 6 aromatic rings. The monoisotopic (exact) mass is 502 g/mol. The second-order valence-electron chi connectivity index (χ2n) is 10.0. The van der Waals surface area contributed by atoms with Crippen LogP contribution >= 0.6 is 0 Å². The van der Waals surface area contributed by atoms with Crippen molar-refractivity contribution in [1.82, 2.24) is 30.0 Å². The molecule has 0 saturated carbocycles. The van der Waals surface area contributed by atoms with Crippen molar-refractivity contribution in [2.24, 2.45) is 0 Å². The molecule has 0 amide bonds. The van der Waals surface area contributed by atoms with E-state index in [-0.39, 0.29) is 5.82 Å². The van der Waals surface area contributed by atoms with Crippen molar-refractivity contribution in [1.29, 1.82) is 0 Å². The Bertz CT molecular complexity index is 1760. The third-order valence-corrected chi connectivity index (χ3v) is 7.41. The van der Waals surface area contributed by atoms with Gasteiger partial charge < -0.3 is 4.98 Å². The van der Waals surface area contributed by atoms with Crippen LogP contribution in [0.15, 0.2) is 79.1 Å². The zero-order chi connectivity index (χ0) is 25.5. The minimum Gasteiger partial charge on any atom is -0.353 e. The summed E-state index contributed by atoms with van der Waals surface area (Å²) in [7, 11) is 0. The molecule has 5 heterocycles. The molecule has 188 valence electrons. The van der Waals surface area contributed by atoms with Gasteiger partial charge in [0, 0.05) is 35.4 Å². The maximum Gasteiger partial charge on any atom is 0.135 e. The van der Waals surface area contributed by atoms with Crippen molar-refractivity contribution in [2.75, 3.05) is 13.1 Å². The first-order valence-corrected chi connectivity index (χ1v) is 13.1. The van der Waals surface area contributed by atoms with Gasteiger partial charge in [0.15, 0.2) is 0 Å². The number of nitrogens with zero attached hydrogens (tertiary/aromatic N) is 4. The highest BCUT2D eigenvalue weighted by Gasteiger charge is 2.16. The van der Waals surface area contributed by atoms with Gasteiger partial charge in [0.25, 0.3) is 0 Å². The summed E-state index contributed by atoms with van der Waals surface area (Å²) in [5.41, 5.74) is 9.11. The maximum atomic E-state index is 13.9. The van der Waals surface area contributed by atoms with E-state index in [0.29, 0.717) is 0 Å². The van der Waals surface area contributed by atoms with Gasteiger partial charge in [0.05, 0.1) is 16.9 Å². The fourth-order valence-corrected chi connectivity index (χ4v) is 5.53. The number of halogens is 1. The van der Waals surface area contributed by atoms with Crippen molar-refractivity contribution in [3.05, 3.63) is 90.5 Å². The van der Waals surface area contributed by atoms with Gasteiger partial charge in [-0.3, -0.25) is 15.0 Å². The van der Waals surface area contributed by atoms with E-state index in [1.807, 2.05) is 48.8 Å². The van der Waals surface area contributed by atoms with Crippen molar-refractivity contribution < 1.29 is 4.39 Å². The predicted octanol–water partition coefficient (Wildman–Crippen LogP) is 6.96. The number of benzene rings is 2. The molecule has 0 spiro atoms. The van der Waals surface area contributed by atoms with E-state index >= 15 is 0 Å². The van der Waals surface area contributed by atoms with Gasteiger partial charge in [-0.2, -0.15) is 5.10 Å². The highest BCUT2D eigenvalue weighted by atomic mass is 19.1. The molecule has 6 nitrogen and oxygen atoms in total. The number of aromatic amines is 2. The van der Waals surface area contributed by atoms with Crippen LogP contribution in [-0.4, -0.2) is 43.1 Å². The number of rotatable bonds is 5. The van der Waals surface area contributed by atoms with Crippen LogP contribution in [0.1, 0.15) is 24.8 Å². The molecule has 0 aliphatic carbocycles. The SMILES string of the molecule is Fc1cccc(-c2cccc3[nH]c(-c4n[nH]c5ccc(-c6cncc(CN7CCCCC7)c6)nc45)cc23)c1. The standard InChI is InChI=1S/C31H27FN6/c32-23-7-4-6-21(15-23)24-8-5-9-27-25(24)16-29(34-27)31-30-28(36-37-31)11-10-26(35-30)22-14-20(17-33-18-22)19-38-12-2-1-3-13-38/h4-11,14-18,34H,1-3,12-13,19H2,(H,36,37). The smallest absolute Gasteiger partial charge is 0.135 e. The second-order valence-corrected chi connectivity index (χ2v) is 10.0. The van der Waals surface area contributed by atoms with Crippen molar-refractivity contribution in [2.45, 2.75) is 25.8 Å². The van der Waals surface area contributed by atoms with E-state index < -0.39 is 0 Å². The Balaban J connectivity index is 1.26. The van der Waals surface area contributed by atoms with E-state index in [0.717, 1.165) is 75.3 Å². The molecular formula is C31H27FN6. The van der Waals surface area contributed by atoms with E-state index in [1.54, 1.807) is 12.1 Å². The van der Waals surface area contributed by atoms with Gasteiger partial charge in [-0.1, -0.05) is 30.7 Å². The molecule has 1 aliphatic rings. The summed E-state index contributed by atoms with van der Waals surface area (Å²) in [5.74, 6) is -0.250. The van der Waals surface area contributed by atoms with E-state index in [4.69, 9.17) is 4.98 Å². The van der Waals surface area contributed by atoms with Crippen LogP contribution < -0.4 is 0 Å². The number of fused-ring (bicyclic) bond motifs is 2. The number of aromatic nitrogens is 5. The second kappa shape index (κ2) is 9.50. The molecule has 1 fully saturated rings. The highest BCUT2D eigenvalue weighted by molar-refractivity contribution is 6.00. The minimum atomic E-state index is -0.250. The average molecular weight is 503 g/mol. The Kier molecular flexibility index (Phi) is 5.70. The third kappa shape index (κ3) is 4.25. The zero-order valence-corrected chi connectivity index (χ0v) is 20.9. The molecule has 2 aromatic carbocycles. The van der Waals surface area contributed by atoms with Crippen LogP contribution in [0.3, 0.4) is 0 Å². The Morgan fingerprint density at radius 3 is 2.63 bits per heavy atom. The van der Waals surface area contributed by atoms with Gasteiger partial charge in [0.1, 0.15) is 17.0 Å². The quantitative estimate of drug-likeness (QED) is 0.267. The Morgan fingerprint density at radius 2 is 1.74 bits per heavy atom. The third-order valence-electron chi connectivity index (χ3n) is 7.41. The summed E-state index contributed by atoms with van der Waals surface area (Å²) in [6.07, 6.45) is 7.70. The lowest BCUT2D eigenvalue weighted by molar-refractivity contribution is 0.220. The highest BCUT2D eigenvalue weighted by Crippen LogP contribution is 2.34. The van der Waals surface area contributed by atoms with Crippen molar-refractivity contribution in [3.63, 3.8) is 0 Å². The molecule has 1 saturated heterocycles. The molecule has 0 bridgehead atoms. The molecule has 0 atom stereocenters. The zero-order valence-electron chi connectivity index (χ0n) is 20.9. The van der Waals surface area contributed by atoms with Crippen LogP contribution in [-0.2, 0) is 6.54 Å². The van der Waals surface area contributed by atoms with Crippen molar-refractivity contribution in [3.8, 4) is 33.8 Å². The summed E-state index contributed by atoms with van der Waals surface area (Å²) < 4.78 is 13.9. The van der Waals surface area contributed by atoms with Crippen LogP contribution in [0, 0.1) is 5.82 Å². The number of hydrogen-bond donors (Lipinski definition) is 2. The summed E-state index contributed by atoms with van der Waals surface area (Å²) in [4.78, 5) is 15.5. The van der Waals surface area contributed by atoms with Gasteiger partial charge in [-0.15, -0.1) is 0 Å². The van der Waals surface area contributed by atoms with E-state index in [1.165, 1.54) is 30.9 Å². The van der Waals surface area contributed by atoms with E-state index in [2.05, 4.69) is 37.2 Å². The lowest BCUT2D eigenvalue weighted by atomic mass is 10.0. The predicted molar refractivity (Wildman–Crippen MR) is 149 cm³/mol. The molecule has 0 radical (unpaired) electrons. The first-order chi connectivity index (χ1) is 18.7. The Hall–Kier alpha value is -4.36. The molecule has 7 rings (SSSR count).